The number of carboxylic acid groups (broad SMARTS) is 1. The average Bonchev–Trinajstić information content (AvgIpc) is 2.85. The van der Waals surface area contributed by atoms with Gasteiger partial charge in [-0.1, -0.05) is 38.8 Å². The summed E-state index contributed by atoms with van der Waals surface area (Å²) in [7, 11) is 0. The summed E-state index contributed by atoms with van der Waals surface area (Å²) in [5.41, 5.74) is 0.598. The Bertz CT molecular complexity index is 425. The van der Waals surface area contributed by atoms with Crippen molar-refractivity contribution in [2.24, 2.45) is 0 Å². The molecule has 1 aromatic heterocycles. The molecular formula is C12H19N3O2. The fraction of sp³-hybridized carbons (Fsp3) is 0.750. The van der Waals surface area contributed by atoms with Gasteiger partial charge in [0.25, 0.3) is 0 Å². The van der Waals surface area contributed by atoms with Crippen molar-refractivity contribution in [3.63, 3.8) is 0 Å². The Morgan fingerprint density at radius 1 is 1.35 bits per heavy atom. The zero-order valence-electron chi connectivity index (χ0n) is 10.6. The molecule has 1 aliphatic rings. The first-order valence-corrected chi connectivity index (χ1v) is 6.10. The maximum Gasteiger partial charge on any atom is 0.358 e. The summed E-state index contributed by atoms with van der Waals surface area (Å²) in [5, 5.41) is 17.1. The summed E-state index contributed by atoms with van der Waals surface area (Å²) >= 11 is 0. The third kappa shape index (κ3) is 2.18. The van der Waals surface area contributed by atoms with Gasteiger partial charge in [-0.2, -0.15) is 0 Å². The van der Waals surface area contributed by atoms with Gasteiger partial charge in [-0.25, -0.2) is 9.48 Å². The zero-order valence-corrected chi connectivity index (χ0v) is 10.6. The Kier molecular flexibility index (Phi) is 2.93. The van der Waals surface area contributed by atoms with Crippen LogP contribution in [-0.2, 0) is 5.41 Å². The molecule has 17 heavy (non-hydrogen) atoms. The van der Waals surface area contributed by atoms with Crippen LogP contribution in [0.25, 0.3) is 0 Å². The standard InChI is InChI=1S/C12H19N3O2/c1-12(2,3)10-9(11(16)17)13-14-15(10)8-6-4-5-7-8/h8H,4-7H2,1-3H3,(H,16,17). The zero-order chi connectivity index (χ0) is 12.6. The highest BCUT2D eigenvalue weighted by Gasteiger charge is 2.32. The lowest BCUT2D eigenvalue weighted by atomic mass is 9.90. The normalized spacial score (nSPS) is 17.6. The Morgan fingerprint density at radius 3 is 2.41 bits per heavy atom. The van der Waals surface area contributed by atoms with Gasteiger partial charge >= 0.3 is 5.97 Å². The number of hydrogen-bond donors (Lipinski definition) is 1. The summed E-state index contributed by atoms with van der Waals surface area (Å²) in [6.45, 7) is 6.01. The average molecular weight is 237 g/mol. The fourth-order valence-electron chi connectivity index (χ4n) is 2.54. The van der Waals surface area contributed by atoms with Crippen molar-refractivity contribution in [3.05, 3.63) is 11.4 Å². The van der Waals surface area contributed by atoms with Crippen molar-refractivity contribution in [1.82, 2.24) is 15.0 Å². The van der Waals surface area contributed by atoms with Gasteiger partial charge in [0.1, 0.15) is 0 Å². The molecule has 5 nitrogen and oxygen atoms in total. The molecule has 1 aliphatic carbocycles. The molecular weight excluding hydrogens is 218 g/mol. The summed E-state index contributed by atoms with van der Waals surface area (Å²) in [6, 6.07) is 0.324. The predicted molar refractivity (Wildman–Crippen MR) is 63.2 cm³/mol. The first-order chi connectivity index (χ1) is 7.91. The van der Waals surface area contributed by atoms with Crippen molar-refractivity contribution in [3.8, 4) is 0 Å². The predicted octanol–water partition coefficient (Wildman–Crippen LogP) is 2.39. The van der Waals surface area contributed by atoms with Crippen LogP contribution in [-0.4, -0.2) is 26.1 Å². The Balaban J connectivity index is 2.48. The molecule has 0 aromatic carbocycles. The third-order valence-corrected chi connectivity index (χ3v) is 3.28. The fourth-order valence-corrected chi connectivity index (χ4v) is 2.54. The molecule has 0 amide bonds. The molecule has 1 fully saturated rings. The van der Waals surface area contributed by atoms with E-state index in [0.29, 0.717) is 6.04 Å². The SMILES string of the molecule is CC(C)(C)c1c(C(=O)O)nnn1C1CCCC1. The van der Waals surface area contributed by atoms with E-state index >= 15 is 0 Å². The van der Waals surface area contributed by atoms with Crippen LogP contribution < -0.4 is 0 Å². The highest BCUT2D eigenvalue weighted by molar-refractivity contribution is 5.86. The molecule has 2 rings (SSSR count). The highest BCUT2D eigenvalue weighted by atomic mass is 16.4. The van der Waals surface area contributed by atoms with Gasteiger partial charge in [0.15, 0.2) is 5.69 Å². The molecule has 1 heterocycles. The second-order valence-corrected chi connectivity index (χ2v) is 5.72. The lowest BCUT2D eigenvalue weighted by Gasteiger charge is -2.23. The molecule has 0 saturated heterocycles. The quantitative estimate of drug-likeness (QED) is 0.857. The van der Waals surface area contributed by atoms with Crippen LogP contribution in [0.2, 0.25) is 0 Å². The van der Waals surface area contributed by atoms with Gasteiger partial charge in [-0.05, 0) is 12.8 Å². The van der Waals surface area contributed by atoms with E-state index < -0.39 is 5.97 Å². The van der Waals surface area contributed by atoms with Crippen molar-refractivity contribution in [2.45, 2.75) is 57.9 Å². The Morgan fingerprint density at radius 2 is 1.94 bits per heavy atom. The monoisotopic (exact) mass is 237 g/mol. The van der Waals surface area contributed by atoms with Crippen LogP contribution in [0, 0.1) is 0 Å². The van der Waals surface area contributed by atoms with Crippen LogP contribution in [0.5, 0.6) is 0 Å². The molecule has 5 heteroatoms. The topological polar surface area (TPSA) is 68.0 Å². The van der Waals surface area contributed by atoms with Crippen molar-refractivity contribution in [2.75, 3.05) is 0 Å². The molecule has 0 aliphatic heterocycles. The summed E-state index contributed by atoms with van der Waals surface area (Å²) in [5.74, 6) is -0.987. The second kappa shape index (κ2) is 4.13. The smallest absolute Gasteiger partial charge is 0.358 e. The molecule has 1 N–H and O–H groups in total. The first-order valence-electron chi connectivity index (χ1n) is 6.10. The van der Waals surface area contributed by atoms with E-state index in [1.807, 2.05) is 25.5 Å². The van der Waals surface area contributed by atoms with E-state index in [1.165, 1.54) is 12.8 Å². The number of aromatic carboxylic acids is 1. The second-order valence-electron chi connectivity index (χ2n) is 5.72. The van der Waals surface area contributed by atoms with Gasteiger partial charge < -0.3 is 5.11 Å². The molecule has 0 radical (unpaired) electrons. The van der Waals surface area contributed by atoms with E-state index in [1.54, 1.807) is 0 Å². The third-order valence-electron chi connectivity index (χ3n) is 3.28. The molecule has 0 atom stereocenters. The summed E-state index contributed by atoms with van der Waals surface area (Å²) < 4.78 is 1.84. The van der Waals surface area contributed by atoms with E-state index in [9.17, 15) is 4.79 Å². The van der Waals surface area contributed by atoms with Crippen molar-refractivity contribution < 1.29 is 9.90 Å². The molecule has 0 unspecified atom stereocenters. The number of hydrogen-bond acceptors (Lipinski definition) is 3. The van der Waals surface area contributed by atoms with Crippen LogP contribution in [0.1, 0.15) is 68.7 Å². The van der Waals surface area contributed by atoms with Gasteiger partial charge in [-0.3, -0.25) is 0 Å². The minimum atomic E-state index is -0.987. The van der Waals surface area contributed by atoms with Crippen LogP contribution >= 0.6 is 0 Å². The van der Waals surface area contributed by atoms with E-state index in [0.717, 1.165) is 18.5 Å². The van der Waals surface area contributed by atoms with E-state index in [2.05, 4.69) is 10.3 Å². The molecule has 1 saturated carbocycles. The summed E-state index contributed by atoms with van der Waals surface area (Å²) in [4.78, 5) is 11.2. The number of aromatic nitrogens is 3. The van der Waals surface area contributed by atoms with E-state index in [4.69, 9.17) is 5.11 Å². The number of nitrogens with zero attached hydrogens (tertiary/aromatic N) is 3. The maximum atomic E-state index is 11.2. The van der Waals surface area contributed by atoms with E-state index in [-0.39, 0.29) is 11.1 Å². The van der Waals surface area contributed by atoms with Gasteiger partial charge in [0.2, 0.25) is 0 Å². The van der Waals surface area contributed by atoms with Crippen LogP contribution in [0.4, 0.5) is 0 Å². The lowest BCUT2D eigenvalue weighted by Crippen LogP contribution is -2.23. The maximum absolute atomic E-state index is 11.2. The summed E-state index contributed by atoms with van der Waals surface area (Å²) in [6.07, 6.45) is 4.53. The molecule has 0 bridgehead atoms. The van der Waals surface area contributed by atoms with Crippen molar-refractivity contribution in [1.29, 1.82) is 0 Å². The van der Waals surface area contributed by atoms with Crippen molar-refractivity contribution >= 4 is 5.97 Å². The minimum Gasteiger partial charge on any atom is -0.476 e. The Labute approximate surface area is 101 Å². The molecule has 94 valence electrons. The largest absolute Gasteiger partial charge is 0.476 e. The van der Waals surface area contributed by atoms with Gasteiger partial charge in [0.05, 0.1) is 11.7 Å². The number of carboxylic acids is 1. The number of carbonyl (C=O) groups is 1. The molecule has 0 spiro atoms. The van der Waals surface area contributed by atoms with Gasteiger partial charge in [0, 0.05) is 5.41 Å². The highest BCUT2D eigenvalue weighted by Crippen LogP contribution is 2.34. The molecule has 1 aromatic rings. The number of rotatable bonds is 2. The van der Waals surface area contributed by atoms with Gasteiger partial charge in [-0.15, -0.1) is 5.10 Å². The van der Waals surface area contributed by atoms with Crippen LogP contribution in [0.15, 0.2) is 0 Å². The van der Waals surface area contributed by atoms with Crippen LogP contribution in [0.3, 0.4) is 0 Å². The minimum absolute atomic E-state index is 0.101. The Hall–Kier alpha value is -1.39. The lowest BCUT2D eigenvalue weighted by molar-refractivity contribution is 0.0687. The first kappa shape index (κ1) is 12.1.